The Balaban J connectivity index is 0.000000263. The molecule has 6 aliphatic rings. The van der Waals surface area contributed by atoms with Crippen molar-refractivity contribution in [2.24, 2.45) is 0 Å². The molecule has 0 bridgehead atoms. The van der Waals surface area contributed by atoms with Crippen LogP contribution in [0.25, 0.3) is 0 Å². The van der Waals surface area contributed by atoms with Gasteiger partial charge in [-0.3, -0.25) is 29.4 Å². The Labute approximate surface area is 542 Å². The molecule has 6 aromatic rings. The van der Waals surface area contributed by atoms with Gasteiger partial charge in [0, 0.05) is 122 Å². The molecule has 14 nitrogen and oxygen atoms in total. The van der Waals surface area contributed by atoms with Gasteiger partial charge in [-0.15, -0.1) is 0 Å². The molecule has 0 amide bonds. The predicted molar refractivity (Wildman–Crippen MR) is 370 cm³/mol. The van der Waals surface area contributed by atoms with Crippen LogP contribution in [0.2, 0.25) is 0 Å². The summed E-state index contributed by atoms with van der Waals surface area (Å²) < 4.78 is 46.7. The Morgan fingerprint density at radius 2 is 0.551 bits per heavy atom. The molecule has 6 aromatic carbocycles. The molecular formula is C74H112N6O8S. The van der Waals surface area contributed by atoms with Gasteiger partial charge in [0.05, 0.1) is 26.4 Å². The van der Waals surface area contributed by atoms with Crippen LogP contribution in [0.1, 0.15) is 130 Å². The lowest BCUT2D eigenvalue weighted by molar-refractivity contribution is -0.0188. The average molecular weight is 1250 g/mol. The number of benzene rings is 6. The maximum Gasteiger partial charge on any atom is 0.142 e. The van der Waals surface area contributed by atoms with E-state index in [-0.39, 0.29) is 0 Å². The summed E-state index contributed by atoms with van der Waals surface area (Å²) in [6.07, 6.45) is 0. The van der Waals surface area contributed by atoms with E-state index in [1.807, 2.05) is 156 Å². The molecule has 492 valence electrons. The summed E-state index contributed by atoms with van der Waals surface area (Å²) in [5.74, 6) is 8.36. The van der Waals surface area contributed by atoms with Crippen molar-refractivity contribution in [2.75, 3.05) is 104 Å². The van der Waals surface area contributed by atoms with Crippen molar-refractivity contribution >= 4 is 11.8 Å². The standard InChI is InChI=1S/C22H28N2O3.C20H24N2O3.C20H24N2O2S.6C2H6/c1-17(23-11-19-7-3-5-9-21(19)26-15-23)13-25-14-18(2)24-12-20-8-4-6-10-22(20)27-16-24;1-3-7-19-17(5-1)13-21(15-24-19)9-11-23-12-10-22-14-18-6-2-4-8-20(18)25-16-22;1-3-7-19-17(5-1)13-21(15-23-19)9-11-25-12-10-22-14-18-6-2-4-8-20(18)24-16-22;6*1-2/h3-10,17-18H,11-16H2,1-2H3;2*1-8H,9-16H2;6*1-2H3. The van der Waals surface area contributed by atoms with Gasteiger partial charge < -0.3 is 37.9 Å². The molecule has 0 saturated carbocycles. The maximum absolute atomic E-state index is 6.05. The summed E-state index contributed by atoms with van der Waals surface area (Å²) in [7, 11) is 0. The smallest absolute Gasteiger partial charge is 0.142 e. The Hall–Kier alpha value is -5.85. The number of hydrogen-bond donors (Lipinski definition) is 0. The van der Waals surface area contributed by atoms with Crippen molar-refractivity contribution in [3.8, 4) is 34.5 Å². The summed E-state index contributed by atoms with van der Waals surface area (Å²) >= 11 is 2.01. The third-order valence-electron chi connectivity index (χ3n) is 14.7. The van der Waals surface area contributed by atoms with Gasteiger partial charge in [0.15, 0.2) is 0 Å². The van der Waals surface area contributed by atoms with Crippen molar-refractivity contribution in [2.45, 2.75) is 148 Å². The highest BCUT2D eigenvalue weighted by molar-refractivity contribution is 7.99. The molecule has 0 spiro atoms. The largest absolute Gasteiger partial charge is 0.478 e. The van der Waals surface area contributed by atoms with Crippen LogP contribution in [0.5, 0.6) is 34.5 Å². The van der Waals surface area contributed by atoms with Gasteiger partial charge in [0.1, 0.15) is 74.9 Å². The van der Waals surface area contributed by atoms with Crippen LogP contribution in [-0.4, -0.2) is 146 Å². The van der Waals surface area contributed by atoms with E-state index in [4.69, 9.17) is 37.9 Å². The summed E-state index contributed by atoms with van der Waals surface area (Å²) in [6.45, 7) is 44.7. The third kappa shape index (κ3) is 25.4. The molecular weight excluding hydrogens is 1130 g/mol. The van der Waals surface area contributed by atoms with E-state index in [2.05, 4.69) is 128 Å². The first-order valence-electron chi connectivity index (χ1n) is 33.3. The van der Waals surface area contributed by atoms with Crippen molar-refractivity contribution in [3.05, 3.63) is 179 Å². The molecule has 0 fully saturated rings. The highest BCUT2D eigenvalue weighted by Gasteiger charge is 2.25. The van der Waals surface area contributed by atoms with E-state index in [0.29, 0.717) is 65.7 Å². The second-order valence-electron chi connectivity index (χ2n) is 20.5. The minimum absolute atomic E-state index is 0.309. The number of ether oxygens (including phenoxy) is 8. The van der Waals surface area contributed by atoms with Gasteiger partial charge in [-0.25, -0.2) is 0 Å². The van der Waals surface area contributed by atoms with Gasteiger partial charge in [-0.2, -0.15) is 11.8 Å². The lowest BCUT2D eigenvalue weighted by Gasteiger charge is -2.35. The predicted octanol–water partition coefficient (Wildman–Crippen LogP) is 15.8. The fraction of sp³-hybridized carbons (Fsp3) is 0.514. The Morgan fingerprint density at radius 1 is 0.315 bits per heavy atom. The number of para-hydroxylation sites is 6. The molecule has 0 radical (unpaired) electrons. The molecule has 2 atom stereocenters. The second kappa shape index (κ2) is 45.4. The van der Waals surface area contributed by atoms with Crippen LogP contribution in [0.4, 0.5) is 0 Å². The van der Waals surface area contributed by atoms with E-state index in [0.717, 1.165) is 125 Å². The third-order valence-corrected chi connectivity index (χ3v) is 15.7. The fourth-order valence-electron chi connectivity index (χ4n) is 10.0. The van der Waals surface area contributed by atoms with E-state index in [1.54, 1.807) is 0 Å². The minimum Gasteiger partial charge on any atom is -0.478 e. The first-order chi connectivity index (χ1) is 44.0. The second-order valence-corrected chi connectivity index (χ2v) is 21.7. The molecule has 0 aromatic heterocycles. The van der Waals surface area contributed by atoms with Crippen LogP contribution in [0.15, 0.2) is 146 Å². The first-order valence-corrected chi connectivity index (χ1v) is 34.5. The van der Waals surface area contributed by atoms with E-state index < -0.39 is 0 Å². The topological polar surface area (TPSA) is 93.3 Å². The lowest BCUT2D eigenvalue weighted by Crippen LogP contribution is -2.43. The van der Waals surface area contributed by atoms with Crippen LogP contribution in [0, 0.1) is 0 Å². The molecule has 0 saturated heterocycles. The molecule has 2 unspecified atom stereocenters. The Bertz CT molecular complexity index is 2470. The number of rotatable bonds is 18. The summed E-state index contributed by atoms with van der Waals surface area (Å²) in [5, 5.41) is 0. The summed E-state index contributed by atoms with van der Waals surface area (Å²) in [5.41, 5.74) is 7.57. The van der Waals surface area contributed by atoms with Crippen LogP contribution < -0.4 is 28.4 Å². The van der Waals surface area contributed by atoms with E-state index in [9.17, 15) is 0 Å². The number of fused-ring (bicyclic) bond motifs is 6. The zero-order chi connectivity index (χ0) is 64.4. The molecule has 12 rings (SSSR count). The zero-order valence-electron chi connectivity index (χ0n) is 56.9. The molecule has 89 heavy (non-hydrogen) atoms. The van der Waals surface area contributed by atoms with Crippen LogP contribution in [0.3, 0.4) is 0 Å². The average Bonchev–Trinajstić information content (AvgIpc) is 3.82. The molecule has 15 heteroatoms. The minimum atomic E-state index is 0.309. The molecule has 6 aliphatic heterocycles. The van der Waals surface area contributed by atoms with Crippen LogP contribution >= 0.6 is 11.8 Å². The van der Waals surface area contributed by atoms with Crippen molar-refractivity contribution in [1.29, 1.82) is 0 Å². The summed E-state index contributed by atoms with van der Waals surface area (Å²) in [6, 6.07) is 50.2. The lowest BCUT2D eigenvalue weighted by atomic mass is 10.1. The van der Waals surface area contributed by atoms with E-state index in [1.165, 1.54) is 33.4 Å². The first kappa shape index (κ1) is 75.6. The number of hydrogen-bond acceptors (Lipinski definition) is 15. The summed E-state index contributed by atoms with van der Waals surface area (Å²) in [4.78, 5) is 13.9. The molecule has 0 N–H and O–H groups in total. The van der Waals surface area contributed by atoms with Crippen LogP contribution in [-0.2, 0) is 48.7 Å². The van der Waals surface area contributed by atoms with Crippen molar-refractivity contribution in [3.63, 3.8) is 0 Å². The van der Waals surface area contributed by atoms with Gasteiger partial charge in [-0.1, -0.05) is 192 Å². The fourth-order valence-corrected chi connectivity index (χ4v) is 11.0. The maximum atomic E-state index is 6.05. The Morgan fingerprint density at radius 3 is 0.831 bits per heavy atom. The highest BCUT2D eigenvalue weighted by Crippen LogP contribution is 2.30. The highest BCUT2D eigenvalue weighted by atomic mass is 32.2. The zero-order valence-corrected chi connectivity index (χ0v) is 57.7. The normalized spacial score (nSPS) is 16.0. The monoisotopic (exact) mass is 1240 g/mol. The number of nitrogens with zero attached hydrogens (tertiary/aromatic N) is 6. The van der Waals surface area contributed by atoms with Crippen molar-refractivity contribution in [1.82, 2.24) is 29.4 Å². The van der Waals surface area contributed by atoms with E-state index >= 15 is 0 Å². The van der Waals surface area contributed by atoms with Gasteiger partial charge in [0.2, 0.25) is 0 Å². The Kier molecular flexibility index (Phi) is 38.6. The number of thioether (sulfide) groups is 1. The van der Waals surface area contributed by atoms with Gasteiger partial charge >= 0.3 is 0 Å². The van der Waals surface area contributed by atoms with Crippen molar-refractivity contribution < 1.29 is 37.9 Å². The SMILES string of the molecule is CC.CC.CC.CC.CC.CC.CC(COCC(C)N1COc2ccccc2C1)N1COc2ccccc2C1.c1ccc2c(c1)CN(CCOCCN1COc3ccccc3C1)CO2.c1ccc2c(c1)CN(CCSCCN1COc3ccccc3C1)CO2. The molecule has 6 heterocycles. The quantitative estimate of drug-likeness (QED) is 0.0764. The van der Waals surface area contributed by atoms with Gasteiger partial charge in [-0.05, 0) is 50.2 Å². The molecule has 0 aliphatic carbocycles. The van der Waals surface area contributed by atoms with Gasteiger partial charge in [0.25, 0.3) is 0 Å².